The first kappa shape index (κ1) is 23.2. The van der Waals surface area contributed by atoms with Gasteiger partial charge in [0.05, 0.1) is 11.4 Å². The fraction of sp³-hybridized carbons (Fsp3) is 0.435. The number of fused-ring (bicyclic) bond motifs is 2. The average molecular weight is 477 g/mol. The molecule has 2 heterocycles. The van der Waals surface area contributed by atoms with Crippen LogP contribution in [-0.2, 0) is 14.8 Å². The molecule has 0 aromatic heterocycles. The van der Waals surface area contributed by atoms with E-state index in [9.17, 15) is 13.2 Å². The first-order valence-electron chi connectivity index (χ1n) is 10.9. The van der Waals surface area contributed by atoms with E-state index in [0.717, 1.165) is 0 Å². The van der Waals surface area contributed by atoms with Crippen molar-refractivity contribution in [2.24, 2.45) is 5.92 Å². The Labute approximate surface area is 193 Å². The number of hydrogen-bond donors (Lipinski definition) is 1. The largest absolute Gasteiger partial charge is 0.486 e. The predicted molar refractivity (Wildman–Crippen MR) is 122 cm³/mol. The van der Waals surface area contributed by atoms with Crippen LogP contribution >= 0.6 is 0 Å². The first-order chi connectivity index (χ1) is 15.8. The summed E-state index contributed by atoms with van der Waals surface area (Å²) in [5.41, 5.74) is 0.504. The molecule has 0 radical (unpaired) electrons. The van der Waals surface area contributed by atoms with Gasteiger partial charge in [-0.05, 0) is 36.6 Å². The van der Waals surface area contributed by atoms with E-state index in [0.29, 0.717) is 61.5 Å². The van der Waals surface area contributed by atoms with Crippen LogP contribution in [0.5, 0.6) is 23.0 Å². The molecule has 0 fully saturated rings. The zero-order valence-electron chi connectivity index (χ0n) is 18.7. The summed E-state index contributed by atoms with van der Waals surface area (Å²) in [6.07, 6.45) is 0.612. The Morgan fingerprint density at radius 3 is 2.12 bits per heavy atom. The fourth-order valence-electron chi connectivity index (χ4n) is 3.50. The van der Waals surface area contributed by atoms with Crippen molar-refractivity contribution in [2.75, 3.05) is 44.8 Å². The topological polar surface area (TPSA) is 103 Å². The molecule has 33 heavy (non-hydrogen) atoms. The van der Waals surface area contributed by atoms with Crippen molar-refractivity contribution in [2.45, 2.75) is 25.2 Å². The van der Waals surface area contributed by atoms with Gasteiger partial charge < -0.3 is 24.3 Å². The van der Waals surface area contributed by atoms with E-state index >= 15 is 0 Å². The van der Waals surface area contributed by atoms with Crippen molar-refractivity contribution < 1.29 is 32.2 Å². The molecule has 0 spiro atoms. The molecule has 2 aromatic rings. The maximum absolute atomic E-state index is 13.4. The minimum Gasteiger partial charge on any atom is -0.486 e. The summed E-state index contributed by atoms with van der Waals surface area (Å²) in [5, 5.41) is 2.76. The van der Waals surface area contributed by atoms with Gasteiger partial charge in [-0.1, -0.05) is 13.8 Å². The summed E-state index contributed by atoms with van der Waals surface area (Å²) in [4.78, 5) is 12.9. The van der Waals surface area contributed by atoms with Gasteiger partial charge in [-0.2, -0.15) is 4.31 Å². The van der Waals surface area contributed by atoms with Crippen molar-refractivity contribution in [1.82, 2.24) is 4.31 Å². The van der Waals surface area contributed by atoms with Gasteiger partial charge in [0.2, 0.25) is 15.9 Å². The Morgan fingerprint density at radius 1 is 0.909 bits per heavy atom. The first-order valence-corrected chi connectivity index (χ1v) is 12.4. The maximum atomic E-state index is 13.4. The minimum absolute atomic E-state index is 0.0580. The van der Waals surface area contributed by atoms with Crippen LogP contribution in [0.15, 0.2) is 41.3 Å². The van der Waals surface area contributed by atoms with Gasteiger partial charge >= 0.3 is 0 Å². The minimum atomic E-state index is -3.94. The molecule has 2 aromatic carbocycles. The van der Waals surface area contributed by atoms with Crippen molar-refractivity contribution in [3.05, 3.63) is 36.4 Å². The second-order valence-corrected chi connectivity index (χ2v) is 10.2. The highest BCUT2D eigenvalue weighted by Crippen LogP contribution is 2.34. The number of nitrogens with zero attached hydrogens (tertiary/aromatic N) is 1. The summed E-state index contributed by atoms with van der Waals surface area (Å²) in [6, 6.07) is 9.58. The lowest BCUT2D eigenvalue weighted by atomic mass is 10.1. The third kappa shape index (κ3) is 5.51. The molecular formula is C23H28N2O7S. The summed E-state index contributed by atoms with van der Waals surface area (Å²) in [7, 11) is -3.94. The molecular weight excluding hydrogens is 448 g/mol. The highest BCUT2D eigenvalue weighted by atomic mass is 32.2. The van der Waals surface area contributed by atoms with Crippen LogP contribution < -0.4 is 24.3 Å². The van der Waals surface area contributed by atoms with Crippen molar-refractivity contribution >= 4 is 21.6 Å². The number of sulfonamides is 1. The van der Waals surface area contributed by atoms with E-state index in [2.05, 4.69) is 5.32 Å². The number of rotatable bonds is 8. The summed E-state index contributed by atoms with van der Waals surface area (Å²) in [6.45, 7) is 5.57. The summed E-state index contributed by atoms with van der Waals surface area (Å²) < 4.78 is 50.1. The number of nitrogens with one attached hydrogen (secondary N) is 1. The number of ether oxygens (including phenoxy) is 4. The average Bonchev–Trinajstić information content (AvgIpc) is 2.81. The predicted octanol–water partition coefficient (Wildman–Crippen LogP) is 2.90. The quantitative estimate of drug-likeness (QED) is 0.625. The third-order valence-electron chi connectivity index (χ3n) is 5.25. The van der Waals surface area contributed by atoms with Gasteiger partial charge in [0.25, 0.3) is 0 Å². The third-order valence-corrected chi connectivity index (χ3v) is 7.09. The molecule has 1 amide bonds. The van der Waals surface area contributed by atoms with Crippen LogP contribution in [0.4, 0.5) is 5.69 Å². The molecule has 9 nitrogen and oxygen atoms in total. The molecule has 0 unspecified atom stereocenters. The van der Waals surface area contributed by atoms with Gasteiger partial charge in [-0.15, -0.1) is 0 Å². The molecule has 178 valence electrons. The Morgan fingerprint density at radius 2 is 1.48 bits per heavy atom. The van der Waals surface area contributed by atoms with Gasteiger partial charge in [0.1, 0.15) is 26.4 Å². The van der Waals surface area contributed by atoms with E-state index in [1.807, 2.05) is 13.8 Å². The number of anilines is 1. The number of hydrogen-bond acceptors (Lipinski definition) is 7. The molecule has 1 N–H and O–H groups in total. The van der Waals surface area contributed by atoms with Crippen LogP contribution in [0, 0.1) is 5.92 Å². The fourth-order valence-corrected chi connectivity index (χ4v) is 4.93. The second kappa shape index (κ2) is 9.88. The lowest BCUT2D eigenvalue weighted by Gasteiger charge is -2.24. The standard InChI is InChI=1S/C23H28N2O7S/c1-16(2)7-8-25(33(27,28)18-4-6-20-22(14-18)32-12-10-30-20)15-23(26)24-17-3-5-19-21(13-17)31-11-9-29-19/h3-6,13-14,16H,7-12,15H2,1-2H3,(H,24,26). The van der Waals surface area contributed by atoms with Crippen molar-refractivity contribution in [3.8, 4) is 23.0 Å². The zero-order valence-corrected chi connectivity index (χ0v) is 19.5. The lowest BCUT2D eigenvalue weighted by Crippen LogP contribution is -2.39. The van der Waals surface area contributed by atoms with E-state index in [1.165, 1.54) is 16.4 Å². The van der Waals surface area contributed by atoms with Crippen LogP contribution in [-0.4, -0.2) is 58.1 Å². The number of carbonyl (C=O) groups excluding carboxylic acids is 1. The Hall–Kier alpha value is -2.98. The smallest absolute Gasteiger partial charge is 0.243 e. The highest BCUT2D eigenvalue weighted by Gasteiger charge is 2.28. The zero-order chi connectivity index (χ0) is 23.4. The van der Waals surface area contributed by atoms with Crippen LogP contribution in [0.2, 0.25) is 0 Å². The highest BCUT2D eigenvalue weighted by molar-refractivity contribution is 7.89. The van der Waals surface area contributed by atoms with Gasteiger partial charge in [0.15, 0.2) is 23.0 Å². The van der Waals surface area contributed by atoms with E-state index in [4.69, 9.17) is 18.9 Å². The maximum Gasteiger partial charge on any atom is 0.243 e. The summed E-state index contributed by atoms with van der Waals surface area (Å²) >= 11 is 0. The van der Waals surface area contributed by atoms with E-state index in [-0.39, 0.29) is 23.9 Å². The molecule has 0 saturated carbocycles. The van der Waals surface area contributed by atoms with E-state index in [1.54, 1.807) is 24.3 Å². The van der Waals surface area contributed by atoms with Crippen LogP contribution in [0.3, 0.4) is 0 Å². The van der Waals surface area contributed by atoms with Crippen LogP contribution in [0.25, 0.3) is 0 Å². The lowest BCUT2D eigenvalue weighted by molar-refractivity contribution is -0.116. The molecule has 2 aliphatic heterocycles. The van der Waals surface area contributed by atoms with Crippen molar-refractivity contribution in [1.29, 1.82) is 0 Å². The molecule has 0 atom stereocenters. The monoisotopic (exact) mass is 476 g/mol. The Kier molecular flexibility index (Phi) is 6.94. The number of benzene rings is 2. The molecule has 10 heteroatoms. The SMILES string of the molecule is CC(C)CCN(CC(=O)Nc1ccc2c(c1)OCCO2)S(=O)(=O)c1ccc2c(c1)OCCO2. The molecule has 0 bridgehead atoms. The normalized spacial score (nSPS) is 14.9. The number of amides is 1. The van der Waals surface area contributed by atoms with Gasteiger partial charge in [0, 0.05) is 24.4 Å². The Balaban J connectivity index is 1.52. The van der Waals surface area contributed by atoms with Gasteiger partial charge in [-0.25, -0.2) is 8.42 Å². The molecule has 0 saturated heterocycles. The van der Waals surface area contributed by atoms with Crippen molar-refractivity contribution in [3.63, 3.8) is 0 Å². The molecule has 2 aliphatic rings. The summed E-state index contributed by atoms with van der Waals surface area (Å²) in [5.74, 6) is 1.86. The Bertz CT molecular complexity index is 1120. The second-order valence-electron chi connectivity index (χ2n) is 8.23. The van der Waals surface area contributed by atoms with E-state index < -0.39 is 15.9 Å². The van der Waals surface area contributed by atoms with Gasteiger partial charge in [-0.3, -0.25) is 4.79 Å². The number of carbonyl (C=O) groups is 1. The van der Waals surface area contributed by atoms with Crippen LogP contribution in [0.1, 0.15) is 20.3 Å². The molecule has 4 rings (SSSR count). The molecule has 0 aliphatic carbocycles.